The second-order valence-electron chi connectivity index (χ2n) is 4.59. The molecule has 0 aliphatic heterocycles. The summed E-state index contributed by atoms with van der Waals surface area (Å²) in [5.41, 5.74) is 1.74. The van der Waals surface area contributed by atoms with Gasteiger partial charge in [0.15, 0.2) is 0 Å². The van der Waals surface area contributed by atoms with Gasteiger partial charge >= 0.3 is 0 Å². The Balaban J connectivity index is 2.62. The van der Waals surface area contributed by atoms with Crippen molar-refractivity contribution in [3.63, 3.8) is 0 Å². The number of carbonyl (C=O) groups is 2. The summed E-state index contributed by atoms with van der Waals surface area (Å²) in [6, 6.07) is 7.52. The van der Waals surface area contributed by atoms with Gasteiger partial charge in [-0.2, -0.15) is 0 Å². The molecule has 0 aromatic heterocycles. The maximum absolute atomic E-state index is 11.9. The lowest BCUT2D eigenvalue weighted by atomic mass is 10.2. The monoisotopic (exact) mass is 278 g/mol. The number of para-hydroxylation sites is 1. The molecule has 0 saturated carbocycles. The molecule has 0 fully saturated rings. The molecule has 110 valence electrons. The molecule has 1 rings (SSSR count). The fourth-order valence-corrected chi connectivity index (χ4v) is 1.88. The van der Waals surface area contributed by atoms with Crippen molar-refractivity contribution in [2.45, 2.75) is 20.3 Å². The number of methoxy groups -OCH3 is 1. The van der Waals surface area contributed by atoms with E-state index in [1.165, 1.54) is 11.8 Å². The SMILES string of the molecule is COCCCNC(=O)CN(C(C)=O)c1ccccc1C. The highest BCUT2D eigenvalue weighted by molar-refractivity contribution is 5.98. The van der Waals surface area contributed by atoms with Gasteiger partial charge in [0.05, 0.1) is 0 Å². The highest BCUT2D eigenvalue weighted by Gasteiger charge is 2.16. The number of benzene rings is 1. The summed E-state index contributed by atoms with van der Waals surface area (Å²) < 4.78 is 4.91. The zero-order valence-corrected chi connectivity index (χ0v) is 12.3. The first-order valence-corrected chi connectivity index (χ1v) is 6.65. The highest BCUT2D eigenvalue weighted by atomic mass is 16.5. The molecule has 0 saturated heterocycles. The zero-order valence-electron chi connectivity index (χ0n) is 12.3. The first-order chi connectivity index (χ1) is 9.56. The van der Waals surface area contributed by atoms with Crippen molar-refractivity contribution in [2.24, 2.45) is 0 Å². The van der Waals surface area contributed by atoms with Gasteiger partial charge in [-0.05, 0) is 25.0 Å². The highest BCUT2D eigenvalue weighted by Crippen LogP contribution is 2.19. The summed E-state index contributed by atoms with van der Waals surface area (Å²) >= 11 is 0. The van der Waals surface area contributed by atoms with E-state index in [9.17, 15) is 9.59 Å². The van der Waals surface area contributed by atoms with Gasteiger partial charge in [-0.1, -0.05) is 18.2 Å². The number of rotatable bonds is 7. The third-order valence-corrected chi connectivity index (χ3v) is 2.94. The van der Waals surface area contributed by atoms with Crippen molar-refractivity contribution in [1.29, 1.82) is 0 Å². The van der Waals surface area contributed by atoms with E-state index in [1.54, 1.807) is 7.11 Å². The molecular formula is C15H22N2O3. The predicted molar refractivity (Wildman–Crippen MR) is 78.7 cm³/mol. The van der Waals surface area contributed by atoms with Crippen molar-refractivity contribution in [2.75, 3.05) is 31.7 Å². The molecule has 0 radical (unpaired) electrons. The Kier molecular flexibility index (Phi) is 6.73. The number of nitrogens with zero attached hydrogens (tertiary/aromatic N) is 1. The van der Waals surface area contributed by atoms with Crippen LogP contribution in [0.15, 0.2) is 24.3 Å². The van der Waals surface area contributed by atoms with Crippen LogP contribution in [-0.2, 0) is 14.3 Å². The van der Waals surface area contributed by atoms with Gasteiger partial charge in [-0.25, -0.2) is 0 Å². The van der Waals surface area contributed by atoms with E-state index < -0.39 is 0 Å². The number of carbonyl (C=O) groups excluding carboxylic acids is 2. The van der Waals surface area contributed by atoms with E-state index in [1.807, 2.05) is 31.2 Å². The first kappa shape index (κ1) is 16.2. The summed E-state index contributed by atoms with van der Waals surface area (Å²) in [6.07, 6.45) is 0.757. The van der Waals surface area contributed by atoms with E-state index >= 15 is 0 Å². The molecule has 5 nitrogen and oxygen atoms in total. The molecule has 0 heterocycles. The number of amides is 2. The minimum absolute atomic E-state index is 0.0349. The maximum Gasteiger partial charge on any atom is 0.240 e. The summed E-state index contributed by atoms with van der Waals surface area (Å²) in [5.74, 6) is -0.314. The van der Waals surface area contributed by atoms with Crippen molar-refractivity contribution in [1.82, 2.24) is 5.32 Å². The normalized spacial score (nSPS) is 10.2. The van der Waals surface area contributed by atoms with Crippen LogP contribution in [0.1, 0.15) is 18.9 Å². The van der Waals surface area contributed by atoms with Crippen LogP contribution in [0.5, 0.6) is 0 Å². The average Bonchev–Trinajstić information content (AvgIpc) is 2.42. The average molecular weight is 278 g/mol. The van der Waals surface area contributed by atoms with Crippen molar-refractivity contribution >= 4 is 17.5 Å². The van der Waals surface area contributed by atoms with Gasteiger partial charge < -0.3 is 15.0 Å². The molecular weight excluding hydrogens is 256 g/mol. The molecule has 1 aromatic carbocycles. The lowest BCUT2D eigenvalue weighted by Gasteiger charge is -2.22. The van der Waals surface area contributed by atoms with Crippen molar-refractivity contribution in [3.05, 3.63) is 29.8 Å². The van der Waals surface area contributed by atoms with Gasteiger partial charge in [0.25, 0.3) is 0 Å². The van der Waals surface area contributed by atoms with Crippen LogP contribution in [0.3, 0.4) is 0 Å². The molecule has 20 heavy (non-hydrogen) atoms. The Morgan fingerprint density at radius 1 is 1.30 bits per heavy atom. The number of hydrogen-bond acceptors (Lipinski definition) is 3. The van der Waals surface area contributed by atoms with Crippen LogP contribution < -0.4 is 10.2 Å². The Morgan fingerprint density at radius 2 is 2.00 bits per heavy atom. The largest absolute Gasteiger partial charge is 0.385 e. The van der Waals surface area contributed by atoms with Gasteiger partial charge in [-0.15, -0.1) is 0 Å². The number of anilines is 1. The van der Waals surface area contributed by atoms with Gasteiger partial charge in [-0.3, -0.25) is 9.59 Å². The lowest BCUT2D eigenvalue weighted by Crippen LogP contribution is -2.40. The second kappa shape index (κ2) is 8.32. The zero-order chi connectivity index (χ0) is 15.0. The van der Waals surface area contributed by atoms with Crippen LogP contribution >= 0.6 is 0 Å². The van der Waals surface area contributed by atoms with Crippen LogP contribution in [0.25, 0.3) is 0 Å². The van der Waals surface area contributed by atoms with Crippen molar-refractivity contribution < 1.29 is 14.3 Å². The van der Waals surface area contributed by atoms with E-state index in [4.69, 9.17) is 4.74 Å². The van der Waals surface area contributed by atoms with E-state index in [0.717, 1.165) is 17.7 Å². The van der Waals surface area contributed by atoms with E-state index in [2.05, 4.69) is 5.32 Å². The van der Waals surface area contributed by atoms with Gasteiger partial charge in [0.2, 0.25) is 11.8 Å². The smallest absolute Gasteiger partial charge is 0.240 e. The topological polar surface area (TPSA) is 58.6 Å². The Hall–Kier alpha value is -1.88. The summed E-state index contributed by atoms with van der Waals surface area (Å²) in [6.45, 7) is 4.57. The molecule has 0 unspecified atom stereocenters. The van der Waals surface area contributed by atoms with E-state index in [-0.39, 0.29) is 18.4 Å². The van der Waals surface area contributed by atoms with Crippen LogP contribution in [0.4, 0.5) is 5.69 Å². The molecule has 1 N–H and O–H groups in total. The fraction of sp³-hybridized carbons (Fsp3) is 0.467. The molecule has 1 aromatic rings. The summed E-state index contributed by atoms with van der Waals surface area (Å²) in [5, 5.41) is 2.78. The van der Waals surface area contributed by atoms with Crippen molar-refractivity contribution in [3.8, 4) is 0 Å². The van der Waals surface area contributed by atoms with Crippen LogP contribution in [0, 0.1) is 6.92 Å². The number of hydrogen-bond donors (Lipinski definition) is 1. The van der Waals surface area contributed by atoms with Gasteiger partial charge in [0.1, 0.15) is 6.54 Å². The summed E-state index contributed by atoms with van der Waals surface area (Å²) in [4.78, 5) is 25.1. The number of ether oxygens (including phenoxy) is 1. The fourth-order valence-electron chi connectivity index (χ4n) is 1.88. The predicted octanol–water partition coefficient (Wildman–Crippen LogP) is 1.50. The molecule has 0 spiro atoms. The molecule has 0 aliphatic rings. The molecule has 0 bridgehead atoms. The Labute approximate surface area is 119 Å². The number of aryl methyl sites for hydroxylation is 1. The summed E-state index contributed by atoms with van der Waals surface area (Å²) in [7, 11) is 1.62. The molecule has 2 amide bonds. The Bertz CT molecular complexity index is 460. The quantitative estimate of drug-likeness (QED) is 0.769. The standard InChI is InChI=1S/C15H22N2O3/c1-12-7-4-5-8-14(12)17(13(2)18)11-15(19)16-9-6-10-20-3/h4-5,7-8H,6,9-11H2,1-3H3,(H,16,19). The Morgan fingerprint density at radius 3 is 2.60 bits per heavy atom. The van der Waals surface area contributed by atoms with Crippen LogP contribution in [-0.4, -0.2) is 38.6 Å². The second-order valence-corrected chi connectivity index (χ2v) is 4.59. The molecule has 5 heteroatoms. The molecule has 0 atom stereocenters. The minimum atomic E-state index is -0.167. The first-order valence-electron chi connectivity index (χ1n) is 6.65. The third kappa shape index (κ3) is 5.01. The van der Waals surface area contributed by atoms with E-state index in [0.29, 0.717) is 13.2 Å². The van der Waals surface area contributed by atoms with Crippen LogP contribution in [0.2, 0.25) is 0 Å². The lowest BCUT2D eigenvalue weighted by molar-refractivity contribution is -0.123. The minimum Gasteiger partial charge on any atom is -0.385 e. The van der Waals surface area contributed by atoms with Gasteiger partial charge in [0, 0.05) is 32.9 Å². The molecule has 0 aliphatic carbocycles. The maximum atomic E-state index is 11.9. The number of nitrogens with one attached hydrogen (secondary N) is 1. The third-order valence-electron chi connectivity index (χ3n) is 2.94.